The van der Waals surface area contributed by atoms with E-state index >= 15 is 4.39 Å². The molecule has 0 aromatic heterocycles. The average molecular weight is 904 g/mol. The number of benzene rings is 4. The predicted octanol–water partition coefficient (Wildman–Crippen LogP) is 8.70. The summed E-state index contributed by atoms with van der Waals surface area (Å²) in [4.78, 5) is 15.1. The molecule has 11 nitrogen and oxygen atoms in total. The second-order valence-electron chi connectivity index (χ2n) is 17.4. The third-order valence-electron chi connectivity index (χ3n) is 13.1. The van der Waals surface area contributed by atoms with Gasteiger partial charge < -0.3 is 33.3 Å². The minimum Gasteiger partial charge on any atom is -0.497 e. The molecule has 0 radical (unpaired) electrons. The zero-order valence-corrected chi connectivity index (χ0v) is 37.9. The van der Waals surface area contributed by atoms with E-state index < -0.39 is 39.4 Å². The van der Waals surface area contributed by atoms with Crippen LogP contribution in [0.2, 0.25) is 5.02 Å². The summed E-state index contributed by atoms with van der Waals surface area (Å²) in [6, 6.07) is 26.1. The molecule has 63 heavy (non-hydrogen) atoms. The first-order valence-corrected chi connectivity index (χ1v) is 23.6. The summed E-state index contributed by atoms with van der Waals surface area (Å²) in [7, 11) is 0.717. The van der Waals surface area contributed by atoms with E-state index in [9.17, 15) is 13.2 Å². The van der Waals surface area contributed by atoms with E-state index in [1.54, 1.807) is 20.3 Å². The number of aryl methyl sites for hydroxylation is 1. The van der Waals surface area contributed by atoms with E-state index in [1.165, 1.54) is 28.6 Å². The number of sulfonamides is 1. The first-order chi connectivity index (χ1) is 30.3. The fourth-order valence-electron chi connectivity index (χ4n) is 9.63. The van der Waals surface area contributed by atoms with Gasteiger partial charge in [0.25, 0.3) is 0 Å². The van der Waals surface area contributed by atoms with Crippen LogP contribution in [0, 0.1) is 11.8 Å². The maximum absolute atomic E-state index is 16.6. The first kappa shape index (κ1) is 44.9. The number of hydrogen-bond donors (Lipinski definition) is 0. The molecule has 0 saturated carbocycles. The number of ether oxygens (including phenoxy) is 6. The molecule has 1 aliphatic carbocycles. The molecule has 1 unspecified atom stereocenters. The molecule has 4 aromatic carbocycles. The number of epoxide rings is 1. The van der Waals surface area contributed by atoms with Crippen molar-refractivity contribution in [2.24, 2.45) is 11.8 Å². The van der Waals surface area contributed by atoms with Crippen molar-refractivity contribution >= 4 is 33.3 Å². The van der Waals surface area contributed by atoms with E-state index in [-0.39, 0.29) is 43.2 Å². The van der Waals surface area contributed by atoms with Gasteiger partial charge in [0.05, 0.1) is 57.7 Å². The zero-order valence-electron chi connectivity index (χ0n) is 36.3. The molecular formula is C49H56ClFN2O9S. The highest BCUT2D eigenvalue weighted by Gasteiger charge is 2.60. The minimum atomic E-state index is -3.82. The van der Waals surface area contributed by atoms with Crippen molar-refractivity contribution < 1.29 is 46.0 Å². The molecule has 3 heterocycles. The lowest BCUT2D eigenvalue weighted by atomic mass is 9.70. The number of allylic oxidation sites excluding steroid dienone is 1. The van der Waals surface area contributed by atoms with Crippen LogP contribution < -0.4 is 19.1 Å². The van der Waals surface area contributed by atoms with E-state index in [2.05, 4.69) is 17.0 Å². The predicted molar refractivity (Wildman–Crippen MR) is 240 cm³/mol. The fourth-order valence-corrected chi connectivity index (χ4v) is 11.6. The Hall–Kier alpha value is -4.66. The van der Waals surface area contributed by atoms with Crippen LogP contribution in [-0.2, 0) is 49.2 Å². The highest BCUT2D eigenvalue weighted by Crippen LogP contribution is 2.49. The fraction of sp³-hybridized carbons (Fsp3) is 0.449. The number of carbonyl (C=O) groups is 1. The van der Waals surface area contributed by atoms with Crippen LogP contribution in [-0.4, -0.2) is 90.4 Å². The van der Waals surface area contributed by atoms with Gasteiger partial charge in [-0.05, 0) is 121 Å². The summed E-state index contributed by atoms with van der Waals surface area (Å²) >= 11 is 6.47. The molecule has 2 saturated heterocycles. The number of carbonyl (C=O) groups excluding carboxylic acids is 1. The molecule has 1 spiro atoms. The van der Waals surface area contributed by atoms with Gasteiger partial charge in [0.2, 0.25) is 10.0 Å². The Kier molecular flexibility index (Phi) is 13.4. The molecule has 4 aromatic rings. The molecular weight excluding hydrogens is 847 g/mol. The van der Waals surface area contributed by atoms with Crippen LogP contribution in [0.5, 0.6) is 17.2 Å². The summed E-state index contributed by atoms with van der Waals surface area (Å²) in [5, 5.41) is 0.700. The Bertz CT molecular complexity index is 2360. The quantitative estimate of drug-likeness (QED) is 0.0799. The van der Waals surface area contributed by atoms with Crippen LogP contribution in [0.1, 0.15) is 65.2 Å². The zero-order chi connectivity index (χ0) is 44.4. The lowest BCUT2D eigenvalue weighted by Gasteiger charge is -2.41. The Morgan fingerprint density at radius 3 is 2.29 bits per heavy atom. The van der Waals surface area contributed by atoms with Crippen LogP contribution >= 0.6 is 11.6 Å². The van der Waals surface area contributed by atoms with Crippen molar-refractivity contribution in [3.63, 3.8) is 0 Å². The average Bonchev–Trinajstić information content (AvgIpc) is 4.00. The Morgan fingerprint density at radius 1 is 0.968 bits per heavy atom. The number of nitrogens with zero attached hydrogens (tertiary/aromatic N) is 2. The van der Waals surface area contributed by atoms with Crippen molar-refractivity contribution in [1.82, 2.24) is 4.31 Å². The normalized spacial score (nSPS) is 23.7. The standard InChI is InChI=1S/C49H56ClFN2O9S/c1-33(29-63(55,56)53(26-34-8-14-40(57-2)15-9-34)27-35-10-16-41(58-3)17-11-35)7-20-45(51)49(32-62-49)46-38(21-23-60-46)28-52-30-48(22-5-6-36-24-39(50)13-18-42(36)48)31-61-44-19-12-37(25-43(44)52)47(54)59-4/h8-20,24-25,33,38,46H,5-7,21-23,26-32H2,1-4H3/b45-20-/t33-,38-,46+,48-,49?/m0/s1. The molecule has 0 amide bonds. The van der Waals surface area contributed by atoms with Crippen molar-refractivity contribution in [2.45, 2.75) is 69.2 Å². The molecule has 3 aliphatic heterocycles. The van der Waals surface area contributed by atoms with Gasteiger partial charge in [0.1, 0.15) is 23.1 Å². The lowest BCUT2D eigenvalue weighted by Crippen LogP contribution is -2.48. The van der Waals surface area contributed by atoms with E-state index in [4.69, 9.17) is 40.0 Å². The molecule has 14 heteroatoms. The number of methoxy groups -OCH3 is 3. The maximum Gasteiger partial charge on any atom is 0.337 e. The van der Waals surface area contributed by atoms with Crippen LogP contribution in [0.15, 0.2) is 96.8 Å². The third-order valence-corrected chi connectivity index (χ3v) is 15.3. The summed E-state index contributed by atoms with van der Waals surface area (Å²) in [6.45, 7) is 4.29. The number of rotatable bonds is 16. The summed E-state index contributed by atoms with van der Waals surface area (Å²) < 4.78 is 81.1. The van der Waals surface area contributed by atoms with E-state index in [0.29, 0.717) is 60.6 Å². The number of hydrogen-bond acceptors (Lipinski definition) is 10. The van der Waals surface area contributed by atoms with Crippen LogP contribution in [0.4, 0.5) is 10.1 Å². The largest absolute Gasteiger partial charge is 0.497 e. The van der Waals surface area contributed by atoms with Crippen LogP contribution in [0.3, 0.4) is 0 Å². The smallest absolute Gasteiger partial charge is 0.337 e. The summed E-state index contributed by atoms with van der Waals surface area (Å²) in [5.41, 5.74) is 3.61. The van der Waals surface area contributed by atoms with Gasteiger partial charge in [-0.2, -0.15) is 4.31 Å². The molecule has 5 atom stereocenters. The van der Waals surface area contributed by atoms with Gasteiger partial charge in [0.15, 0.2) is 5.60 Å². The molecule has 336 valence electrons. The number of anilines is 1. The van der Waals surface area contributed by atoms with E-state index in [1.807, 2.05) is 73.7 Å². The Morgan fingerprint density at radius 2 is 1.65 bits per heavy atom. The lowest BCUT2D eigenvalue weighted by molar-refractivity contribution is 0.0276. The van der Waals surface area contributed by atoms with Crippen molar-refractivity contribution in [2.75, 3.05) is 64.9 Å². The highest BCUT2D eigenvalue weighted by atomic mass is 35.5. The highest BCUT2D eigenvalue weighted by molar-refractivity contribution is 7.89. The molecule has 4 aliphatic rings. The second kappa shape index (κ2) is 18.8. The van der Waals surface area contributed by atoms with Crippen molar-refractivity contribution in [3.8, 4) is 17.2 Å². The molecule has 8 rings (SSSR count). The topological polar surface area (TPSA) is 116 Å². The number of fused-ring (bicyclic) bond motifs is 3. The van der Waals surface area contributed by atoms with Gasteiger partial charge in [0, 0.05) is 49.1 Å². The number of halogens is 2. The van der Waals surface area contributed by atoms with Gasteiger partial charge in [-0.15, -0.1) is 0 Å². The minimum absolute atomic E-state index is 0.132. The molecule has 0 bridgehead atoms. The van der Waals surface area contributed by atoms with Gasteiger partial charge >= 0.3 is 5.97 Å². The summed E-state index contributed by atoms with van der Waals surface area (Å²) in [6.07, 6.45) is 4.57. The Labute approximate surface area is 375 Å². The van der Waals surface area contributed by atoms with Crippen molar-refractivity contribution in [3.05, 3.63) is 130 Å². The Balaban J connectivity index is 0.999. The number of esters is 1. The maximum atomic E-state index is 16.6. The van der Waals surface area contributed by atoms with Crippen LogP contribution in [0.25, 0.3) is 0 Å². The molecule has 0 N–H and O–H groups in total. The van der Waals surface area contributed by atoms with Crippen molar-refractivity contribution in [1.29, 1.82) is 0 Å². The van der Waals surface area contributed by atoms with Gasteiger partial charge in [-0.1, -0.05) is 48.9 Å². The monoisotopic (exact) mass is 902 g/mol. The first-order valence-electron chi connectivity index (χ1n) is 21.6. The summed E-state index contributed by atoms with van der Waals surface area (Å²) in [5.74, 6) is 0.408. The SMILES string of the molecule is COC(=O)c1ccc2c(c1)N(C[C@@H]1CCO[C@H]1C1(/C(F)=C/C[C@H](C)CS(=O)(=O)N(Cc3ccc(OC)cc3)Cc3ccc(OC)cc3)CO1)C[C@@]1(CCCc3cc(Cl)ccc31)CO2. The van der Waals surface area contributed by atoms with Gasteiger partial charge in [-0.3, -0.25) is 0 Å². The molecule has 2 fully saturated rings. The third kappa shape index (κ3) is 9.73. The van der Waals surface area contributed by atoms with Gasteiger partial charge in [-0.25, -0.2) is 17.6 Å². The van der Waals surface area contributed by atoms with E-state index in [0.717, 1.165) is 36.1 Å². The second-order valence-corrected chi connectivity index (χ2v) is 19.9.